The van der Waals surface area contributed by atoms with E-state index in [0.717, 1.165) is 6.61 Å². The van der Waals surface area contributed by atoms with Gasteiger partial charge in [-0.05, 0) is 6.92 Å². The Hall–Kier alpha value is -0.670. The van der Waals surface area contributed by atoms with Crippen molar-refractivity contribution >= 4 is 5.97 Å². The molecule has 0 amide bonds. The fourth-order valence-electron chi connectivity index (χ4n) is 0.168. The number of alkyl halides is 2. The zero-order chi connectivity index (χ0) is 6.57. The smallest absolute Gasteiger partial charge is 0.374 e. The Kier molecular flexibility index (Phi) is 3.07. The number of esters is 1. The predicted octanol–water partition coefficient (Wildman–Crippen LogP) is 0.976. The largest absolute Gasteiger partial charge is 0.455 e. The summed E-state index contributed by atoms with van der Waals surface area (Å²) in [6.07, 6.45) is -3.02. The van der Waals surface area contributed by atoms with Crippen LogP contribution in [-0.2, 0) is 9.53 Å². The molecule has 0 saturated heterocycles. The SMILES string of the molecule is C[CH]OC(=O)C(F)F. The summed E-state index contributed by atoms with van der Waals surface area (Å²) in [5.74, 6) is -1.51. The van der Waals surface area contributed by atoms with Gasteiger partial charge < -0.3 is 4.74 Å². The standard InChI is InChI=1S/C4H5F2O2/c1-2-8-4(7)3(5)6/h2-3H,1H3. The molecule has 0 saturated carbocycles. The minimum atomic E-state index is -3.02. The quantitative estimate of drug-likeness (QED) is 0.511. The topological polar surface area (TPSA) is 26.3 Å². The summed E-state index contributed by atoms with van der Waals surface area (Å²) in [5.41, 5.74) is 0. The summed E-state index contributed by atoms with van der Waals surface area (Å²) in [5, 5.41) is 0. The van der Waals surface area contributed by atoms with E-state index in [1.807, 2.05) is 0 Å². The van der Waals surface area contributed by atoms with Crippen molar-refractivity contribution in [3.63, 3.8) is 0 Å². The fraction of sp³-hybridized carbons (Fsp3) is 0.500. The average molecular weight is 123 g/mol. The molecule has 0 aliphatic heterocycles. The van der Waals surface area contributed by atoms with Gasteiger partial charge in [-0.15, -0.1) is 0 Å². The van der Waals surface area contributed by atoms with Gasteiger partial charge in [0, 0.05) is 0 Å². The van der Waals surface area contributed by atoms with Crippen molar-refractivity contribution in [2.75, 3.05) is 0 Å². The maximum Gasteiger partial charge on any atom is 0.374 e. The van der Waals surface area contributed by atoms with Gasteiger partial charge in [-0.2, -0.15) is 8.78 Å². The van der Waals surface area contributed by atoms with Gasteiger partial charge in [-0.1, -0.05) is 0 Å². The van der Waals surface area contributed by atoms with Gasteiger partial charge in [0.25, 0.3) is 0 Å². The van der Waals surface area contributed by atoms with Crippen molar-refractivity contribution in [1.82, 2.24) is 0 Å². The molecule has 0 aliphatic rings. The van der Waals surface area contributed by atoms with Crippen molar-refractivity contribution in [1.29, 1.82) is 0 Å². The lowest BCUT2D eigenvalue weighted by molar-refractivity contribution is -0.152. The summed E-state index contributed by atoms with van der Waals surface area (Å²) < 4.78 is 26.0. The Balaban J connectivity index is 3.33. The number of carbonyl (C=O) groups is 1. The van der Waals surface area contributed by atoms with Crippen molar-refractivity contribution in [2.45, 2.75) is 13.3 Å². The van der Waals surface area contributed by atoms with Gasteiger partial charge >= 0.3 is 12.4 Å². The molecule has 4 heteroatoms. The van der Waals surface area contributed by atoms with E-state index < -0.39 is 12.4 Å². The van der Waals surface area contributed by atoms with E-state index in [9.17, 15) is 13.6 Å². The second-order valence-electron chi connectivity index (χ2n) is 0.973. The molecule has 0 atom stereocenters. The Morgan fingerprint density at radius 1 is 1.75 bits per heavy atom. The maximum atomic E-state index is 11.1. The molecule has 2 nitrogen and oxygen atoms in total. The summed E-state index contributed by atoms with van der Waals surface area (Å²) in [6.45, 7) is 2.26. The third kappa shape index (κ3) is 2.49. The molecule has 0 spiro atoms. The van der Waals surface area contributed by atoms with Crippen LogP contribution in [0.15, 0.2) is 0 Å². The van der Waals surface area contributed by atoms with E-state index in [2.05, 4.69) is 4.74 Å². The molecule has 0 heterocycles. The molecule has 47 valence electrons. The molecule has 0 N–H and O–H groups in total. The number of halogens is 2. The molecule has 0 unspecified atom stereocenters. The van der Waals surface area contributed by atoms with Crippen LogP contribution in [-0.4, -0.2) is 12.4 Å². The number of hydrogen-bond acceptors (Lipinski definition) is 2. The van der Waals surface area contributed by atoms with Gasteiger partial charge in [0.05, 0.1) is 0 Å². The molecule has 8 heavy (non-hydrogen) atoms. The van der Waals surface area contributed by atoms with E-state index in [1.165, 1.54) is 6.92 Å². The monoisotopic (exact) mass is 123 g/mol. The number of hydrogen-bond donors (Lipinski definition) is 0. The number of ether oxygens (including phenoxy) is 1. The van der Waals surface area contributed by atoms with E-state index in [0.29, 0.717) is 0 Å². The summed E-state index contributed by atoms with van der Waals surface area (Å²) in [7, 11) is 0. The van der Waals surface area contributed by atoms with Gasteiger partial charge in [-0.25, -0.2) is 4.79 Å². The van der Waals surface area contributed by atoms with Crippen LogP contribution in [0.5, 0.6) is 0 Å². The molecule has 0 aromatic heterocycles. The minimum Gasteiger partial charge on any atom is -0.455 e. The molecule has 0 rings (SSSR count). The first-order valence-electron chi connectivity index (χ1n) is 1.95. The highest BCUT2D eigenvalue weighted by atomic mass is 19.3. The predicted molar refractivity (Wildman–Crippen MR) is 22.1 cm³/mol. The summed E-state index contributed by atoms with van der Waals surface area (Å²) in [6, 6.07) is 0. The molecular weight excluding hydrogens is 118 g/mol. The van der Waals surface area contributed by atoms with Crippen molar-refractivity contribution < 1.29 is 18.3 Å². The third-order valence-electron chi connectivity index (χ3n) is 0.412. The first-order valence-corrected chi connectivity index (χ1v) is 1.95. The van der Waals surface area contributed by atoms with Gasteiger partial charge in [0.2, 0.25) is 0 Å². The summed E-state index contributed by atoms with van der Waals surface area (Å²) in [4.78, 5) is 9.74. The van der Waals surface area contributed by atoms with Crippen LogP contribution in [0.1, 0.15) is 6.92 Å². The van der Waals surface area contributed by atoms with Crippen LogP contribution in [0.25, 0.3) is 0 Å². The van der Waals surface area contributed by atoms with Gasteiger partial charge in [0.1, 0.15) is 6.61 Å². The highest BCUT2D eigenvalue weighted by Crippen LogP contribution is 1.95. The fourth-order valence-corrected chi connectivity index (χ4v) is 0.168. The van der Waals surface area contributed by atoms with E-state index in [-0.39, 0.29) is 0 Å². The van der Waals surface area contributed by atoms with Crippen LogP contribution < -0.4 is 0 Å². The van der Waals surface area contributed by atoms with Crippen LogP contribution in [0.2, 0.25) is 0 Å². The first kappa shape index (κ1) is 7.33. The van der Waals surface area contributed by atoms with E-state index in [4.69, 9.17) is 0 Å². The lowest BCUT2D eigenvalue weighted by Crippen LogP contribution is -2.11. The molecule has 0 aromatic carbocycles. The van der Waals surface area contributed by atoms with Crippen molar-refractivity contribution in [3.8, 4) is 0 Å². The number of carbonyl (C=O) groups excluding carboxylic acids is 1. The zero-order valence-electron chi connectivity index (χ0n) is 4.23. The molecule has 0 fully saturated rings. The van der Waals surface area contributed by atoms with Crippen LogP contribution in [0, 0.1) is 6.61 Å². The zero-order valence-corrected chi connectivity index (χ0v) is 4.23. The van der Waals surface area contributed by atoms with Crippen molar-refractivity contribution in [2.24, 2.45) is 0 Å². The lowest BCUT2D eigenvalue weighted by Gasteiger charge is -1.95. The Labute approximate surface area is 45.4 Å². The third-order valence-corrected chi connectivity index (χ3v) is 0.412. The Morgan fingerprint density at radius 3 is 2.38 bits per heavy atom. The highest BCUT2D eigenvalue weighted by Gasteiger charge is 2.15. The minimum absolute atomic E-state index is 0.911. The van der Waals surface area contributed by atoms with E-state index in [1.54, 1.807) is 0 Å². The number of rotatable bonds is 2. The molecule has 0 bridgehead atoms. The van der Waals surface area contributed by atoms with Crippen LogP contribution in [0.4, 0.5) is 8.78 Å². The van der Waals surface area contributed by atoms with Crippen LogP contribution in [0.3, 0.4) is 0 Å². The molecule has 0 aliphatic carbocycles. The Morgan fingerprint density at radius 2 is 2.25 bits per heavy atom. The maximum absolute atomic E-state index is 11.1. The summed E-state index contributed by atoms with van der Waals surface area (Å²) >= 11 is 0. The molecule has 1 radical (unpaired) electrons. The van der Waals surface area contributed by atoms with Gasteiger partial charge in [0.15, 0.2) is 0 Å². The average Bonchev–Trinajstić information content (AvgIpc) is 1.67. The van der Waals surface area contributed by atoms with E-state index >= 15 is 0 Å². The molecule has 0 aromatic rings. The second-order valence-corrected chi connectivity index (χ2v) is 0.973. The Bertz CT molecular complexity index is 82.1. The molecular formula is C4H5F2O2. The normalized spacial score (nSPS) is 9.50. The van der Waals surface area contributed by atoms with Crippen molar-refractivity contribution in [3.05, 3.63) is 6.61 Å². The van der Waals surface area contributed by atoms with Gasteiger partial charge in [-0.3, -0.25) is 0 Å². The second kappa shape index (κ2) is 3.35. The first-order chi connectivity index (χ1) is 3.68. The highest BCUT2D eigenvalue weighted by molar-refractivity contribution is 5.73. The lowest BCUT2D eigenvalue weighted by atomic mass is 10.7. The van der Waals surface area contributed by atoms with Crippen LogP contribution >= 0.6 is 0 Å².